The molecule has 0 aliphatic carbocycles. The summed E-state index contributed by atoms with van der Waals surface area (Å²) < 4.78 is 7.65. The molecule has 0 spiro atoms. The first-order chi connectivity index (χ1) is 7.90. The Morgan fingerprint density at radius 2 is 2.19 bits per heavy atom. The Morgan fingerprint density at radius 1 is 1.31 bits per heavy atom. The minimum absolute atomic E-state index is 0.561. The Hall–Kier alpha value is -0.290. The molecule has 0 radical (unpaired) electrons. The molecule has 5 heteroatoms. The normalized spacial score (nSPS) is 11.1. The number of ether oxygens (including phenoxy) is 1. The summed E-state index contributed by atoms with van der Waals surface area (Å²) in [6.07, 6.45) is 0. The number of alkyl halides is 1. The number of para-hydroxylation sites is 1. The van der Waals surface area contributed by atoms with Gasteiger partial charge in [0.25, 0.3) is 0 Å². The topological polar surface area (TPSA) is 22.1 Å². The van der Waals surface area contributed by atoms with Gasteiger partial charge in [-0.05, 0) is 12.1 Å². The Bertz CT molecular complexity index is 413. The first-order valence-corrected chi connectivity index (χ1v) is 7.36. The minimum atomic E-state index is 0.561. The number of thiazole rings is 1. The molecular weight excluding hydrogens is 262 g/mol. The van der Waals surface area contributed by atoms with Crippen LogP contribution in [0.25, 0.3) is 10.2 Å². The van der Waals surface area contributed by atoms with E-state index in [1.54, 1.807) is 23.1 Å². The highest BCUT2D eigenvalue weighted by Gasteiger charge is 2.02. The fraction of sp³-hybridized carbons (Fsp3) is 0.364. The summed E-state index contributed by atoms with van der Waals surface area (Å²) >= 11 is 8.98. The van der Waals surface area contributed by atoms with Gasteiger partial charge in [-0.1, -0.05) is 23.9 Å². The van der Waals surface area contributed by atoms with Crippen LogP contribution in [-0.4, -0.2) is 29.8 Å². The zero-order chi connectivity index (χ0) is 11.2. The first kappa shape index (κ1) is 12.2. The Morgan fingerprint density at radius 3 is 3.00 bits per heavy atom. The molecule has 1 aromatic carbocycles. The molecule has 1 aromatic heterocycles. The highest BCUT2D eigenvalue weighted by molar-refractivity contribution is 8.01. The number of thioether (sulfide) groups is 1. The molecule has 2 nitrogen and oxygen atoms in total. The second-order valence-corrected chi connectivity index (χ2v) is 5.85. The van der Waals surface area contributed by atoms with Crippen LogP contribution >= 0.6 is 34.7 Å². The molecule has 1 heterocycles. The van der Waals surface area contributed by atoms with Gasteiger partial charge in [-0.15, -0.1) is 22.9 Å². The lowest BCUT2D eigenvalue weighted by Crippen LogP contribution is -1.99. The molecule has 0 saturated heterocycles. The van der Waals surface area contributed by atoms with Crippen molar-refractivity contribution in [3.05, 3.63) is 24.3 Å². The monoisotopic (exact) mass is 273 g/mol. The molecule has 0 unspecified atom stereocenters. The smallest absolute Gasteiger partial charge is 0.151 e. The van der Waals surface area contributed by atoms with Crippen LogP contribution in [0, 0.1) is 0 Å². The van der Waals surface area contributed by atoms with Crippen molar-refractivity contribution in [3.63, 3.8) is 0 Å². The van der Waals surface area contributed by atoms with Crippen LogP contribution < -0.4 is 0 Å². The van der Waals surface area contributed by atoms with Crippen LogP contribution in [0.5, 0.6) is 0 Å². The SMILES string of the molecule is ClCCOCCSc1nc2ccccc2s1. The molecule has 86 valence electrons. The van der Waals surface area contributed by atoms with Gasteiger partial charge >= 0.3 is 0 Å². The van der Waals surface area contributed by atoms with Crippen LogP contribution in [0.4, 0.5) is 0 Å². The van der Waals surface area contributed by atoms with E-state index in [-0.39, 0.29) is 0 Å². The molecule has 0 aliphatic rings. The van der Waals surface area contributed by atoms with E-state index in [1.807, 2.05) is 18.2 Å². The van der Waals surface area contributed by atoms with Gasteiger partial charge in [0.2, 0.25) is 0 Å². The summed E-state index contributed by atoms with van der Waals surface area (Å²) in [6, 6.07) is 8.19. The van der Waals surface area contributed by atoms with Crippen molar-refractivity contribution >= 4 is 44.9 Å². The summed E-state index contributed by atoms with van der Waals surface area (Å²) in [6.45, 7) is 1.36. The largest absolute Gasteiger partial charge is 0.379 e. The van der Waals surface area contributed by atoms with Crippen LogP contribution in [0.15, 0.2) is 28.6 Å². The van der Waals surface area contributed by atoms with Gasteiger partial charge in [0.15, 0.2) is 4.34 Å². The maximum atomic E-state index is 5.51. The zero-order valence-electron chi connectivity index (χ0n) is 8.69. The number of aromatic nitrogens is 1. The molecule has 2 rings (SSSR count). The Kier molecular flexibility index (Phi) is 4.91. The minimum Gasteiger partial charge on any atom is -0.379 e. The third kappa shape index (κ3) is 3.35. The van der Waals surface area contributed by atoms with E-state index < -0.39 is 0 Å². The average Bonchev–Trinajstić information content (AvgIpc) is 2.71. The molecule has 0 atom stereocenters. The third-order valence-corrected chi connectivity index (χ3v) is 4.25. The van der Waals surface area contributed by atoms with E-state index in [4.69, 9.17) is 16.3 Å². The molecule has 2 aromatic rings. The molecular formula is C11H12ClNOS2. The van der Waals surface area contributed by atoms with Gasteiger partial charge in [0.05, 0.1) is 23.4 Å². The van der Waals surface area contributed by atoms with Crippen molar-refractivity contribution in [3.8, 4) is 0 Å². The van der Waals surface area contributed by atoms with Gasteiger partial charge in [0, 0.05) is 11.6 Å². The molecule has 16 heavy (non-hydrogen) atoms. The van der Waals surface area contributed by atoms with E-state index in [1.165, 1.54) is 4.70 Å². The summed E-state index contributed by atoms with van der Waals surface area (Å²) in [5.41, 5.74) is 1.08. The van der Waals surface area contributed by atoms with E-state index in [9.17, 15) is 0 Å². The Balaban J connectivity index is 1.85. The second-order valence-electron chi connectivity index (χ2n) is 3.10. The molecule has 0 saturated carbocycles. The molecule has 0 bridgehead atoms. The average molecular weight is 274 g/mol. The standard InChI is InChI=1S/C11H12ClNOS2/c12-5-6-14-7-8-15-11-13-9-3-1-2-4-10(9)16-11/h1-4H,5-8H2. The van der Waals surface area contributed by atoms with Crippen LogP contribution in [-0.2, 0) is 4.74 Å². The van der Waals surface area contributed by atoms with Crippen LogP contribution in [0.1, 0.15) is 0 Å². The molecule has 0 fully saturated rings. The number of halogens is 1. The predicted octanol–water partition coefficient (Wildman–Crippen LogP) is 3.64. The number of nitrogens with zero attached hydrogens (tertiary/aromatic N) is 1. The van der Waals surface area contributed by atoms with Gasteiger partial charge in [-0.2, -0.15) is 0 Å². The number of fused-ring (bicyclic) bond motifs is 1. The number of benzene rings is 1. The lowest BCUT2D eigenvalue weighted by molar-refractivity contribution is 0.166. The fourth-order valence-corrected chi connectivity index (χ4v) is 3.36. The van der Waals surface area contributed by atoms with Crippen molar-refractivity contribution in [1.29, 1.82) is 0 Å². The quantitative estimate of drug-likeness (QED) is 0.456. The maximum Gasteiger partial charge on any atom is 0.151 e. The van der Waals surface area contributed by atoms with Crippen LogP contribution in [0.2, 0.25) is 0 Å². The van der Waals surface area contributed by atoms with Crippen molar-refractivity contribution in [1.82, 2.24) is 4.98 Å². The third-order valence-electron chi connectivity index (χ3n) is 1.95. The van der Waals surface area contributed by atoms with Crippen molar-refractivity contribution in [2.45, 2.75) is 4.34 Å². The van der Waals surface area contributed by atoms with E-state index in [0.717, 1.165) is 22.2 Å². The zero-order valence-corrected chi connectivity index (χ0v) is 11.1. The number of rotatable bonds is 6. The highest BCUT2D eigenvalue weighted by Crippen LogP contribution is 2.28. The molecule has 0 aliphatic heterocycles. The second kappa shape index (κ2) is 6.45. The summed E-state index contributed by atoms with van der Waals surface area (Å²) in [4.78, 5) is 4.53. The molecule has 0 N–H and O–H groups in total. The maximum absolute atomic E-state index is 5.51. The summed E-state index contributed by atoms with van der Waals surface area (Å²) in [7, 11) is 0. The van der Waals surface area contributed by atoms with E-state index in [2.05, 4.69) is 11.1 Å². The number of hydrogen-bond donors (Lipinski definition) is 0. The van der Waals surface area contributed by atoms with Gasteiger partial charge in [-0.25, -0.2) is 4.98 Å². The fourth-order valence-electron chi connectivity index (χ4n) is 1.26. The highest BCUT2D eigenvalue weighted by atomic mass is 35.5. The molecule has 0 amide bonds. The number of hydrogen-bond acceptors (Lipinski definition) is 4. The van der Waals surface area contributed by atoms with E-state index >= 15 is 0 Å². The summed E-state index contributed by atoms with van der Waals surface area (Å²) in [5, 5.41) is 0. The van der Waals surface area contributed by atoms with Crippen molar-refractivity contribution < 1.29 is 4.74 Å². The van der Waals surface area contributed by atoms with Crippen molar-refractivity contribution in [2.24, 2.45) is 0 Å². The van der Waals surface area contributed by atoms with Gasteiger partial charge < -0.3 is 4.74 Å². The lowest BCUT2D eigenvalue weighted by Gasteiger charge is -1.98. The Labute approximate surface area is 108 Å². The van der Waals surface area contributed by atoms with Gasteiger partial charge in [-0.3, -0.25) is 0 Å². The van der Waals surface area contributed by atoms with Gasteiger partial charge in [0.1, 0.15) is 0 Å². The lowest BCUT2D eigenvalue weighted by atomic mass is 10.3. The predicted molar refractivity (Wildman–Crippen MR) is 71.9 cm³/mol. The van der Waals surface area contributed by atoms with Crippen LogP contribution in [0.3, 0.4) is 0 Å². The van der Waals surface area contributed by atoms with E-state index in [0.29, 0.717) is 12.5 Å². The first-order valence-electron chi connectivity index (χ1n) is 5.02. The van der Waals surface area contributed by atoms with Crippen molar-refractivity contribution in [2.75, 3.05) is 24.8 Å². The summed E-state index contributed by atoms with van der Waals surface area (Å²) in [5.74, 6) is 1.49.